The Kier molecular flexibility index (Phi) is 6.17. The summed E-state index contributed by atoms with van der Waals surface area (Å²) in [4.78, 5) is 0. The average Bonchev–Trinajstić information content (AvgIpc) is 3.75. The van der Waals surface area contributed by atoms with E-state index in [1.54, 1.807) is 0 Å². The first-order chi connectivity index (χ1) is 22.8. The predicted octanol–water partition coefficient (Wildman–Crippen LogP) is 12.2. The molecule has 2 aromatic heterocycles. The third kappa shape index (κ3) is 4.43. The lowest BCUT2D eigenvalue weighted by Gasteiger charge is -2.08. The van der Waals surface area contributed by atoms with Crippen molar-refractivity contribution >= 4 is 32.6 Å². The van der Waals surface area contributed by atoms with Crippen LogP contribution in [0.15, 0.2) is 180 Å². The highest BCUT2D eigenvalue weighted by atomic mass is 16.3. The van der Waals surface area contributed by atoms with E-state index in [1.165, 1.54) is 60.5 Å². The molecule has 46 heavy (non-hydrogen) atoms. The van der Waals surface area contributed by atoms with Gasteiger partial charge in [0.25, 0.3) is 0 Å². The van der Waals surface area contributed by atoms with Gasteiger partial charge in [0.1, 0.15) is 11.5 Å². The van der Waals surface area contributed by atoms with Gasteiger partial charge in [-0.25, -0.2) is 0 Å². The van der Waals surface area contributed by atoms with Crippen LogP contribution in [-0.2, 0) is 0 Å². The molecule has 2 heterocycles. The van der Waals surface area contributed by atoms with Gasteiger partial charge in [-0.2, -0.15) is 0 Å². The number of fused-ring (bicyclic) bond motifs is 4. The summed E-state index contributed by atoms with van der Waals surface area (Å²) in [7, 11) is 0. The largest absolute Gasteiger partial charge is 0.456 e. The Morgan fingerprint density at radius 3 is 1.67 bits per heavy atom. The summed E-state index contributed by atoms with van der Waals surface area (Å²) in [6.07, 6.45) is 0. The molecule has 0 N–H and O–H groups in total. The van der Waals surface area contributed by atoms with Crippen molar-refractivity contribution < 1.29 is 4.42 Å². The summed E-state index contributed by atoms with van der Waals surface area (Å²) in [5.74, 6) is 1.73. The molecule has 0 saturated carbocycles. The monoisotopic (exact) mass is 587 g/mol. The first-order valence-corrected chi connectivity index (χ1v) is 15.7. The Labute approximate surface area is 267 Å². The molecule has 0 amide bonds. The maximum absolute atomic E-state index is 6.37. The van der Waals surface area contributed by atoms with E-state index < -0.39 is 0 Å². The SMILES string of the molecule is c1ccc(-n2c3ccccc3c3cc(-c4ccc(-c5ccc(-c6ccc(-c7cccc8ccccc78)cc6)o5)cc4)ccc32)cc1. The second-order valence-corrected chi connectivity index (χ2v) is 11.8. The van der Waals surface area contributed by atoms with Crippen LogP contribution in [0.4, 0.5) is 0 Å². The molecule has 7 aromatic carbocycles. The molecule has 0 spiro atoms. The third-order valence-corrected chi connectivity index (χ3v) is 9.07. The fourth-order valence-corrected chi connectivity index (χ4v) is 6.77. The summed E-state index contributed by atoms with van der Waals surface area (Å²) >= 11 is 0. The van der Waals surface area contributed by atoms with Crippen LogP contribution >= 0.6 is 0 Å². The zero-order valence-corrected chi connectivity index (χ0v) is 25.1. The molecule has 0 aliphatic carbocycles. The number of benzene rings is 7. The maximum atomic E-state index is 6.37. The van der Waals surface area contributed by atoms with Gasteiger partial charge in [-0.05, 0) is 75.5 Å². The molecular formula is C44H29NO. The van der Waals surface area contributed by atoms with E-state index in [0.717, 1.165) is 22.6 Å². The van der Waals surface area contributed by atoms with Gasteiger partial charge >= 0.3 is 0 Å². The molecule has 0 aliphatic rings. The standard InChI is InChI=1S/C44H29NO/c1-2-11-36(12-3-1)45-41-16-7-6-14-39(41)40-29-35(25-26-42(40)45)30-17-21-33(22-18-30)43-27-28-44(46-43)34-23-19-32(20-24-34)38-15-8-10-31-9-4-5-13-37(31)38/h1-29H. The molecule has 0 saturated heterocycles. The molecule has 0 bridgehead atoms. The van der Waals surface area contributed by atoms with Crippen LogP contribution in [0.2, 0.25) is 0 Å². The fraction of sp³-hybridized carbons (Fsp3) is 0. The number of hydrogen-bond donors (Lipinski definition) is 0. The molecule has 9 rings (SSSR count). The first kappa shape index (κ1) is 26.3. The van der Waals surface area contributed by atoms with Crippen LogP contribution in [0.25, 0.3) is 83.2 Å². The van der Waals surface area contributed by atoms with Crippen molar-refractivity contribution in [1.29, 1.82) is 0 Å². The highest BCUT2D eigenvalue weighted by molar-refractivity contribution is 6.10. The van der Waals surface area contributed by atoms with Crippen molar-refractivity contribution in [2.24, 2.45) is 0 Å². The van der Waals surface area contributed by atoms with E-state index in [1.807, 2.05) is 0 Å². The Bertz CT molecular complexity index is 2490. The highest BCUT2D eigenvalue weighted by Crippen LogP contribution is 2.36. The maximum Gasteiger partial charge on any atom is 0.134 e. The number of para-hydroxylation sites is 2. The van der Waals surface area contributed by atoms with Crippen molar-refractivity contribution in [3.63, 3.8) is 0 Å². The van der Waals surface area contributed by atoms with Gasteiger partial charge in [-0.1, -0.05) is 133 Å². The van der Waals surface area contributed by atoms with Crippen LogP contribution in [0.3, 0.4) is 0 Å². The van der Waals surface area contributed by atoms with Crippen LogP contribution in [-0.4, -0.2) is 4.57 Å². The minimum atomic E-state index is 0.862. The smallest absolute Gasteiger partial charge is 0.134 e. The van der Waals surface area contributed by atoms with Gasteiger partial charge in [0.05, 0.1) is 11.0 Å². The van der Waals surface area contributed by atoms with E-state index in [9.17, 15) is 0 Å². The topological polar surface area (TPSA) is 18.1 Å². The minimum absolute atomic E-state index is 0.862. The summed E-state index contributed by atoms with van der Waals surface area (Å²) in [6.45, 7) is 0. The van der Waals surface area contributed by atoms with Crippen LogP contribution in [0.1, 0.15) is 0 Å². The molecule has 0 atom stereocenters. The van der Waals surface area contributed by atoms with Gasteiger partial charge in [0.2, 0.25) is 0 Å². The van der Waals surface area contributed by atoms with Crippen LogP contribution in [0.5, 0.6) is 0 Å². The lowest BCUT2D eigenvalue weighted by Crippen LogP contribution is -1.92. The van der Waals surface area contributed by atoms with Crippen molar-refractivity contribution in [2.45, 2.75) is 0 Å². The number of hydrogen-bond acceptors (Lipinski definition) is 1. The first-order valence-electron chi connectivity index (χ1n) is 15.7. The Morgan fingerprint density at radius 1 is 0.348 bits per heavy atom. The van der Waals surface area contributed by atoms with E-state index in [-0.39, 0.29) is 0 Å². The zero-order valence-electron chi connectivity index (χ0n) is 25.1. The fourth-order valence-electron chi connectivity index (χ4n) is 6.77. The quantitative estimate of drug-likeness (QED) is 0.196. The molecule has 2 heteroatoms. The molecule has 0 fully saturated rings. The van der Waals surface area contributed by atoms with E-state index in [0.29, 0.717) is 0 Å². The van der Waals surface area contributed by atoms with Gasteiger partial charge in [0, 0.05) is 27.6 Å². The van der Waals surface area contributed by atoms with E-state index in [2.05, 4.69) is 180 Å². The lowest BCUT2D eigenvalue weighted by atomic mass is 9.97. The Morgan fingerprint density at radius 2 is 0.913 bits per heavy atom. The normalized spacial score (nSPS) is 11.5. The second-order valence-electron chi connectivity index (χ2n) is 11.8. The zero-order chi connectivity index (χ0) is 30.5. The van der Waals surface area contributed by atoms with Crippen molar-refractivity contribution in [3.05, 3.63) is 176 Å². The number of nitrogens with zero attached hydrogens (tertiary/aromatic N) is 1. The van der Waals surface area contributed by atoms with Crippen molar-refractivity contribution in [3.8, 4) is 50.6 Å². The second kappa shape index (κ2) is 10.8. The predicted molar refractivity (Wildman–Crippen MR) is 192 cm³/mol. The summed E-state index contributed by atoms with van der Waals surface area (Å²) < 4.78 is 8.72. The van der Waals surface area contributed by atoms with Gasteiger partial charge < -0.3 is 8.98 Å². The van der Waals surface area contributed by atoms with Crippen LogP contribution < -0.4 is 0 Å². The highest BCUT2D eigenvalue weighted by Gasteiger charge is 2.14. The average molecular weight is 588 g/mol. The Balaban J connectivity index is 1.00. The summed E-state index contributed by atoms with van der Waals surface area (Å²) in [6, 6.07) is 62.5. The van der Waals surface area contributed by atoms with E-state index >= 15 is 0 Å². The number of rotatable bonds is 5. The third-order valence-electron chi connectivity index (χ3n) is 9.07. The van der Waals surface area contributed by atoms with Gasteiger partial charge in [0.15, 0.2) is 0 Å². The lowest BCUT2D eigenvalue weighted by molar-refractivity contribution is 0.597. The summed E-state index contributed by atoms with van der Waals surface area (Å²) in [5.41, 5.74) is 10.5. The Hall–Kier alpha value is -6.12. The van der Waals surface area contributed by atoms with E-state index in [4.69, 9.17) is 4.42 Å². The molecular weight excluding hydrogens is 558 g/mol. The molecule has 0 unspecified atom stereocenters. The van der Waals surface area contributed by atoms with Crippen molar-refractivity contribution in [1.82, 2.24) is 4.57 Å². The molecule has 0 radical (unpaired) electrons. The van der Waals surface area contributed by atoms with Gasteiger partial charge in [-0.3, -0.25) is 0 Å². The number of aromatic nitrogens is 1. The minimum Gasteiger partial charge on any atom is -0.456 e. The van der Waals surface area contributed by atoms with Crippen molar-refractivity contribution in [2.75, 3.05) is 0 Å². The number of furan rings is 1. The molecule has 2 nitrogen and oxygen atoms in total. The van der Waals surface area contributed by atoms with Gasteiger partial charge in [-0.15, -0.1) is 0 Å². The molecule has 9 aromatic rings. The van der Waals surface area contributed by atoms with Crippen LogP contribution in [0, 0.1) is 0 Å². The summed E-state index contributed by atoms with van der Waals surface area (Å²) in [5, 5.41) is 5.03. The molecule has 0 aliphatic heterocycles. The molecule has 216 valence electrons.